The second kappa shape index (κ2) is 5.30. The number of carboxylic acid groups (broad SMARTS) is 1. The number of pyridine rings is 1. The number of rotatable bonds is 5. The van der Waals surface area contributed by atoms with Gasteiger partial charge in [-0.05, 0) is 32.4 Å². The van der Waals surface area contributed by atoms with E-state index in [0.717, 1.165) is 10.3 Å². The van der Waals surface area contributed by atoms with E-state index in [-0.39, 0.29) is 12.0 Å². The van der Waals surface area contributed by atoms with E-state index in [9.17, 15) is 4.79 Å². The zero-order valence-electron chi connectivity index (χ0n) is 9.33. The lowest BCUT2D eigenvalue weighted by Gasteiger charge is -2.26. The second-order valence-electron chi connectivity index (χ2n) is 4.26. The Bertz CT molecular complexity index is 380. The van der Waals surface area contributed by atoms with E-state index in [1.807, 2.05) is 26.0 Å². The van der Waals surface area contributed by atoms with Crippen molar-refractivity contribution in [3.05, 3.63) is 22.8 Å². The lowest BCUT2D eigenvalue weighted by atomic mass is 9.98. The van der Waals surface area contributed by atoms with Gasteiger partial charge in [-0.3, -0.25) is 4.79 Å². The molecule has 1 aromatic heterocycles. The zero-order valence-corrected chi connectivity index (χ0v) is 10.9. The average Bonchev–Trinajstić information content (AvgIpc) is 2.14. The summed E-state index contributed by atoms with van der Waals surface area (Å²) in [5.74, 6) is -0.0400. The van der Waals surface area contributed by atoms with Gasteiger partial charge in [0, 0.05) is 22.6 Å². The van der Waals surface area contributed by atoms with E-state index in [2.05, 4.69) is 26.2 Å². The third-order valence-corrected chi connectivity index (χ3v) is 2.65. The number of hydrogen-bond donors (Lipinski definition) is 2. The minimum absolute atomic E-state index is 0.147. The van der Waals surface area contributed by atoms with E-state index < -0.39 is 5.97 Å². The van der Waals surface area contributed by atoms with Crippen molar-refractivity contribution in [1.29, 1.82) is 0 Å². The van der Waals surface area contributed by atoms with Gasteiger partial charge in [-0.2, -0.15) is 0 Å². The molecule has 0 aliphatic heterocycles. The Balaban J connectivity index is 2.61. The van der Waals surface area contributed by atoms with E-state index in [4.69, 9.17) is 5.11 Å². The molecule has 5 heteroatoms. The summed E-state index contributed by atoms with van der Waals surface area (Å²) in [5, 5.41) is 11.8. The van der Waals surface area contributed by atoms with Crippen LogP contribution in [0.1, 0.15) is 26.7 Å². The number of carbonyl (C=O) groups is 1. The molecule has 0 fully saturated rings. The largest absolute Gasteiger partial charge is 0.481 e. The number of halogens is 1. The molecule has 0 bridgehead atoms. The molecule has 0 spiro atoms. The van der Waals surface area contributed by atoms with E-state index in [0.29, 0.717) is 6.42 Å². The van der Waals surface area contributed by atoms with Crippen LogP contribution >= 0.6 is 15.9 Å². The van der Waals surface area contributed by atoms with Crippen molar-refractivity contribution < 1.29 is 9.90 Å². The van der Waals surface area contributed by atoms with Crippen LogP contribution in [0.3, 0.4) is 0 Å². The highest BCUT2D eigenvalue weighted by Gasteiger charge is 2.19. The summed E-state index contributed by atoms with van der Waals surface area (Å²) in [6.07, 6.45) is 2.39. The number of anilines is 1. The Labute approximate surface area is 103 Å². The molecule has 0 amide bonds. The molecule has 0 unspecified atom stereocenters. The van der Waals surface area contributed by atoms with Crippen LogP contribution in [0.2, 0.25) is 0 Å². The first-order chi connectivity index (χ1) is 7.39. The number of nitrogens with one attached hydrogen (secondary N) is 1. The van der Waals surface area contributed by atoms with Crippen molar-refractivity contribution in [2.75, 3.05) is 5.32 Å². The molecule has 0 aliphatic carbocycles. The van der Waals surface area contributed by atoms with Crippen LogP contribution in [-0.4, -0.2) is 21.6 Å². The van der Waals surface area contributed by atoms with Crippen molar-refractivity contribution in [3.63, 3.8) is 0 Å². The Morgan fingerprint density at radius 1 is 1.62 bits per heavy atom. The first kappa shape index (κ1) is 13.0. The quantitative estimate of drug-likeness (QED) is 0.874. The maximum Gasteiger partial charge on any atom is 0.303 e. The zero-order chi connectivity index (χ0) is 12.2. The normalized spacial score (nSPS) is 11.2. The first-order valence-corrected chi connectivity index (χ1v) is 5.80. The summed E-state index contributed by atoms with van der Waals surface area (Å²) < 4.78 is 0.944. The summed E-state index contributed by atoms with van der Waals surface area (Å²) in [6, 6.07) is 3.71. The van der Waals surface area contributed by atoms with Crippen LogP contribution in [0.5, 0.6) is 0 Å². The number of carboxylic acids is 1. The molecular formula is C11H15BrN2O2. The Kier molecular flexibility index (Phi) is 4.29. The molecule has 0 saturated carbocycles. The van der Waals surface area contributed by atoms with Crippen molar-refractivity contribution in [1.82, 2.24) is 4.98 Å². The van der Waals surface area contributed by atoms with Crippen LogP contribution in [0, 0.1) is 0 Å². The van der Waals surface area contributed by atoms with Gasteiger partial charge in [-0.15, -0.1) is 0 Å². The Morgan fingerprint density at radius 2 is 2.31 bits per heavy atom. The van der Waals surface area contributed by atoms with E-state index >= 15 is 0 Å². The SMILES string of the molecule is CC(C)(CCC(=O)O)Nc1cc(Br)ccn1. The lowest BCUT2D eigenvalue weighted by Crippen LogP contribution is -2.31. The third kappa shape index (κ3) is 4.61. The minimum atomic E-state index is -0.780. The summed E-state index contributed by atoms with van der Waals surface area (Å²) in [5.41, 5.74) is -0.286. The van der Waals surface area contributed by atoms with Crippen LogP contribution in [0.25, 0.3) is 0 Å². The van der Waals surface area contributed by atoms with Gasteiger partial charge in [-0.25, -0.2) is 4.98 Å². The third-order valence-electron chi connectivity index (χ3n) is 2.15. The standard InChI is InChI=1S/C11H15BrN2O2/c1-11(2,5-3-10(15)16)14-9-7-8(12)4-6-13-9/h4,6-7H,3,5H2,1-2H3,(H,13,14)(H,15,16). The molecule has 1 heterocycles. The molecule has 16 heavy (non-hydrogen) atoms. The van der Waals surface area contributed by atoms with Crippen molar-refractivity contribution >= 4 is 27.7 Å². The molecule has 1 aromatic rings. The fourth-order valence-electron chi connectivity index (χ4n) is 1.30. The Hall–Kier alpha value is -1.10. The number of nitrogens with zero attached hydrogens (tertiary/aromatic N) is 1. The fraction of sp³-hybridized carbons (Fsp3) is 0.455. The Morgan fingerprint density at radius 3 is 2.88 bits per heavy atom. The van der Waals surface area contributed by atoms with Gasteiger partial charge < -0.3 is 10.4 Å². The monoisotopic (exact) mass is 286 g/mol. The molecular weight excluding hydrogens is 272 g/mol. The fourth-order valence-corrected chi connectivity index (χ4v) is 1.64. The highest BCUT2D eigenvalue weighted by molar-refractivity contribution is 9.10. The molecule has 0 saturated heterocycles. The van der Waals surface area contributed by atoms with E-state index in [1.165, 1.54) is 0 Å². The second-order valence-corrected chi connectivity index (χ2v) is 5.18. The molecule has 1 rings (SSSR count). The predicted molar refractivity (Wildman–Crippen MR) is 66.5 cm³/mol. The number of aromatic nitrogens is 1. The molecule has 2 N–H and O–H groups in total. The van der Waals surface area contributed by atoms with Crippen LogP contribution in [0.15, 0.2) is 22.8 Å². The van der Waals surface area contributed by atoms with Crippen LogP contribution < -0.4 is 5.32 Å². The van der Waals surface area contributed by atoms with Gasteiger partial charge in [0.15, 0.2) is 0 Å². The van der Waals surface area contributed by atoms with E-state index in [1.54, 1.807) is 6.20 Å². The molecule has 0 aromatic carbocycles. The van der Waals surface area contributed by atoms with Crippen molar-refractivity contribution in [2.45, 2.75) is 32.2 Å². The highest BCUT2D eigenvalue weighted by atomic mass is 79.9. The maximum absolute atomic E-state index is 10.5. The van der Waals surface area contributed by atoms with Crippen molar-refractivity contribution in [3.8, 4) is 0 Å². The lowest BCUT2D eigenvalue weighted by molar-refractivity contribution is -0.137. The van der Waals surface area contributed by atoms with Crippen LogP contribution in [-0.2, 0) is 4.79 Å². The predicted octanol–water partition coefficient (Wildman–Crippen LogP) is 2.90. The smallest absolute Gasteiger partial charge is 0.303 e. The minimum Gasteiger partial charge on any atom is -0.481 e. The highest BCUT2D eigenvalue weighted by Crippen LogP contribution is 2.20. The molecule has 88 valence electrons. The summed E-state index contributed by atoms with van der Waals surface area (Å²) in [4.78, 5) is 14.7. The number of aliphatic carboxylic acids is 1. The van der Waals surface area contributed by atoms with Gasteiger partial charge in [-0.1, -0.05) is 15.9 Å². The van der Waals surface area contributed by atoms with Crippen LogP contribution in [0.4, 0.5) is 5.82 Å². The first-order valence-electron chi connectivity index (χ1n) is 5.00. The van der Waals surface area contributed by atoms with Gasteiger partial charge in [0.2, 0.25) is 0 Å². The topological polar surface area (TPSA) is 62.2 Å². The maximum atomic E-state index is 10.5. The molecule has 4 nitrogen and oxygen atoms in total. The van der Waals surface area contributed by atoms with Crippen molar-refractivity contribution in [2.24, 2.45) is 0 Å². The average molecular weight is 287 g/mol. The van der Waals surface area contributed by atoms with Gasteiger partial charge >= 0.3 is 5.97 Å². The summed E-state index contributed by atoms with van der Waals surface area (Å²) in [6.45, 7) is 3.91. The van der Waals surface area contributed by atoms with Gasteiger partial charge in [0.1, 0.15) is 5.82 Å². The summed E-state index contributed by atoms with van der Waals surface area (Å²) in [7, 11) is 0. The van der Waals surface area contributed by atoms with Gasteiger partial charge in [0.25, 0.3) is 0 Å². The molecule has 0 atom stereocenters. The van der Waals surface area contributed by atoms with Gasteiger partial charge in [0.05, 0.1) is 0 Å². The summed E-state index contributed by atoms with van der Waals surface area (Å²) >= 11 is 3.36. The molecule has 0 aliphatic rings. The number of hydrogen-bond acceptors (Lipinski definition) is 3. The molecule has 0 radical (unpaired) electrons.